The van der Waals surface area contributed by atoms with Crippen molar-refractivity contribution in [3.8, 4) is 38.6 Å². The monoisotopic (exact) mass is 519 g/mol. The van der Waals surface area contributed by atoms with Crippen molar-refractivity contribution in [1.82, 2.24) is 14.5 Å². The van der Waals surface area contributed by atoms with Gasteiger partial charge in [-0.3, -0.25) is 4.98 Å². The Morgan fingerprint density at radius 3 is 2.49 bits per heavy atom. The SMILES string of the molecule is c1ccc(-c2cccc(-n3c4cc(-c5nc6ccccc6s5)ccc4c4c(-c5ccoc5)cccc43)c2)nc1. The molecule has 184 valence electrons. The number of para-hydroxylation sites is 1. The molecule has 8 aromatic rings. The first-order valence-electron chi connectivity index (χ1n) is 12.8. The predicted octanol–water partition coefficient (Wildman–Crippen LogP) is 9.38. The molecule has 4 aromatic carbocycles. The van der Waals surface area contributed by atoms with Crippen LogP contribution in [0.25, 0.3) is 70.7 Å². The number of nitrogens with zero attached hydrogens (tertiary/aromatic N) is 3. The van der Waals surface area contributed by atoms with Gasteiger partial charge in [0.15, 0.2) is 0 Å². The second kappa shape index (κ2) is 8.79. The number of hydrogen-bond donors (Lipinski definition) is 0. The zero-order valence-electron chi connectivity index (χ0n) is 20.8. The molecule has 0 radical (unpaired) electrons. The maximum absolute atomic E-state index is 5.47. The van der Waals surface area contributed by atoms with Crippen LogP contribution in [0.5, 0.6) is 0 Å². The highest BCUT2D eigenvalue weighted by atomic mass is 32.1. The van der Waals surface area contributed by atoms with Gasteiger partial charge >= 0.3 is 0 Å². The van der Waals surface area contributed by atoms with E-state index in [-0.39, 0.29) is 0 Å². The highest BCUT2D eigenvalue weighted by Crippen LogP contribution is 2.41. The molecule has 5 heteroatoms. The van der Waals surface area contributed by atoms with Crippen LogP contribution < -0.4 is 0 Å². The van der Waals surface area contributed by atoms with E-state index in [1.807, 2.05) is 42.8 Å². The fourth-order valence-corrected chi connectivity index (χ4v) is 6.43. The van der Waals surface area contributed by atoms with E-state index in [0.717, 1.165) is 55.2 Å². The molecule has 39 heavy (non-hydrogen) atoms. The van der Waals surface area contributed by atoms with Crippen molar-refractivity contribution in [2.75, 3.05) is 0 Å². The van der Waals surface area contributed by atoms with Gasteiger partial charge in [0.25, 0.3) is 0 Å². The summed E-state index contributed by atoms with van der Waals surface area (Å²) in [6, 6.07) is 38.2. The zero-order chi connectivity index (χ0) is 25.8. The fourth-order valence-electron chi connectivity index (χ4n) is 5.47. The smallest absolute Gasteiger partial charge is 0.124 e. The lowest BCUT2D eigenvalue weighted by atomic mass is 10.0. The summed E-state index contributed by atoms with van der Waals surface area (Å²) in [6.45, 7) is 0. The van der Waals surface area contributed by atoms with E-state index >= 15 is 0 Å². The Labute approximate surface area is 228 Å². The summed E-state index contributed by atoms with van der Waals surface area (Å²) in [5.41, 5.74) is 9.76. The van der Waals surface area contributed by atoms with E-state index in [0.29, 0.717) is 0 Å². The molecule has 0 atom stereocenters. The van der Waals surface area contributed by atoms with E-state index in [1.165, 1.54) is 15.5 Å². The first kappa shape index (κ1) is 22.0. The van der Waals surface area contributed by atoms with Gasteiger partial charge in [-0.1, -0.05) is 54.6 Å². The molecule has 0 spiro atoms. The molecular formula is C34H21N3OS. The molecule has 0 bridgehead atoms. The number of pyridine rings is 1. The number of hydrogen-bond acceptors (Lipinski definition) is 4. The highest BCUT2D eigenvalue weighted by molar-refractivity contribution is 7.21. The highest BCUT2D eigenvalue weighted by Gasteiger charge is 2.18. The third kappa shape index (κ3) is 3.59. The van der Waals surface area contributed by atoms with Crippen LogP contribution in [0.2, 0.25) is 0 Å². The zero-order valence-corrected chi connectivity index (χ0v) is 21.6. The van der Waals surface area contributed by atoms with Crippen LogP contribution in [0.4, 0.5) is 0 Å². The summed E-state index contributed by atoms with van der Waals surface area (Å²) in [7, 11) is 0. The molecule has 0 aliphatic rings. The van der Waals surface area contributed by atoms with Gasteiger partial charge in [-0.25, -0.2) is 4.98 Å². The maximum atomic E-state index is 5.47. The maximum Gasteiger partial charge on any atom is 0.124 e. The largest absolute Gasteiger partial charge is 0.472 e. The molecule has 0 unspecified atom stereocenters. The average Bonchev–Trinajstić information content (AvgIpc) is 3.75. The summed E-state index contributed by atoms with van der Waals surface area (Å²) in [5.74, 6) is 0. The van der Waals surface area contributed by atoms with Crippen molar-refractivity contribution in [3.63, 3.8) is 0 Å². The fraction of sp³-hybridized carbons (Fsp3) is 0. The standard InChI is InChI=1S/C34H21N3OS/c1-2-13-32-29(11-1)36-34(39-32)23-14-15-27-31(20-23)37(25-8-5-7-22(19-25)28-10-3-4-17-35-28)30-12-6-9-26(33(27)30)24-16-18-38-21-24/h1-21H. The third-order valence-electron chi connectivity index (χ3n) is 7.23. The van der Waals surface area contributed by atoms with E-state index in [4.69, 9.17) is 9.40 Å². The lowest BCUT2D eigenvalue weighted by Gasteiger charge is -2.11. The lowest BCUT2D eigenvalue weighted by molar-refractivity contribution is 0.568. The minimum Gasteiger partial charge on any atom is -0.472 e. The molecule has 0 aliphatic carbocycles. The molecule has 0 saturated carbocycles. The molecule has 0 aliphatic heterocycles. The van der Waals surface area contributed by atoms with Crippen LogP contribution in [0.3, 0.4) is 0 Å². The second-order valence-corrected chi connectivity index (χ2v) is 10.6. The van der Waals surface area contributed by atoms with Crippen molar-refractivity contribution < 1.29 is 4.42 Å². The van der Waals surface area contributed by atoms with Crippen molar-refractivity contribution in [3.05, 3.63) is 128 Å². The van der Waals surface area contributed by atoms with Crippen molar-refractivity contribution in [1.29, 1.82) is 0 Å². The topological polar surface area (TPSA) is 43.9 Å². The van der Waals surface area contributed by atoms with Crippen molar-refractivity contribution in [2.45, 2.75) is 0 Å². The van der Waals surface area contributed by atoms with Crippen LogP contribution in [-0.2, 0) is 0 Å². The number of furan rings is 1. The number of rotatable bonds is 4. The number of thiazole rings is 1. The minimum atomic E-state index is 0.953. The normalized spacial score (nSPS) is 11.6. The molecular weight excluding hydrogens is 498 g/mol. The summed E-state index contributed by atoms with van der Waals surface area (Å²) in [4.78, 5) is 9.54. The Bertz CT molecular complexity index is 2090. The molecule has 0 fully saturated rings. The van der Waals surface area contributed by atoms with E-state index < -0.39 is 0 Å². The second-order valence-electron chi connectivity index (χ2n) is 9.53. The average molecular weight is 520 g/mol. The van der Waals surface area contributed by atoms with Gasteiger partial charge in [-0.05, 0) is 60.2 Å². The van der Waals surface area contributed by atoms with E-state index in [1.54, 1.807) is 17.6 Å². The Morgan fingerprint density at radius 2 is 1.62 bits per heavy atom. The molecule has 4 heterocycles. The summed E-state index contributed by atoms with van der Waals surface area (Å²) in [6.07, 6.45) is 5.38. The van der Waals surface area contributed by atoms with Crippen LogP contribution in [0, 0.1) is 0 Å². The Hall–Kier alpha value is -5.00. The molecule has 8 rings (SSSR count). The van der Waals surface area contributed by atoms with E-state index in [9.17, 15) is 0 Å². The first-order chi connectivity index (χ1) is 19.3. The number of fused-ring (bicyclic) bond motifs is 4. The van der Waals surface area contributed by atoms with Gasteiger partial charge in [0, 0.05) is 39.3 Å². The van der Waals surface area contributed by atoms with Gasteiger partial charge in [-0.15, -0.1) is 11.3 Å². The van der Waals surface area contributed by atoms with Gasteiger partial charge < -0.3 is 8.98 Å². The Balaban J connectivity index is 1.43. The van der Waals surface area contributed by atoms with Crippen molar-refractivity contribution >= 4 is 43.4 Å². The van der Waals surface area contributed by atoms with Crippen LogP contribution in [0.15, 0.2) is 132 Å². The predicted molar refractivity (Wildman–Crippen MR) is 160 cm³/mol. The quantitative estimate of drug-likeness (QED) is 0.233. The molecule has 0 N–H and O–H groups in total. The first-order valence-corrected chi connectivity index (χ1v) is 13.6. The van der Waals surface area contributed by atoms with Gasteiger partial charge in [-0.2, -0.15) is 0 Å². The minimum absolute atomic E-state index is 0.953. The molecule has 0 saturated heterocycles. The van der Waals surface area contributed by atoms with Gasteiger partial charge in [0.1, 0.15) is 5.01 Å². The molecule has 4 nitrogen and oxygen atoms in total. The molecule has 4 aromatic heterocycles. The third-order valence-corrected chi connectivity index (χ3v) is 8.31. The van der Waals surface area contributed by atoms with Crippen LogP contribution in [-0.4, -0.2) is 14.5 Å². The van der Waals surface area contributed by atoms with Gasteiger partial charge in [0.2, 0.25) is 0 Å². The Morgan fingerprint density at radius 1 is 0.692 bits per heavy atom. The number of benzene rings is 4. The van der Waals surface area contributed by atoms with Crippen molar-refractivity contribution in [2.24, 2.45) is 0 Å². The lowest BCUT2D eigenvalue weighted by Crippen LogP contribution is -1.95. The van der Waals surface area contributed by atoms with Crippen LogP contribution in [0.1, 0.15) is 0 Å². The summed E-state index contributed by atoms with van der Waals surface area (Å²) >= 11 is 1.73. The number of aromatic nitrogens is 3. The Kier molecular flexibility index (Phi) is 4.96. The van der Waals surface area contributed by atoms with Gasteiger partial charge in [0.05, 0.1) is 39.5 Å². The summed E-state index contributed by atoms with van der Waals surface area (Å²) < 4.78 is 9.02. The van der Waals surface area contributed by atoms with Crippen LogP contribution >= 0.6 is 11.3 Å². The molecule has 0 amide bonds. The summed E-state index contributed by atoms with van der Waals surface area (Å²) in [5, 5.41) is 3.41. The van der Waals surface area contributed by atoms with E-state index in [2.05, 4.69) is 88.4 Å².